The van der Waals surface area contributed by atoms with Gasteiger partial charge in [0.25, 0.3) is 5.91 Å². The number of aliphatic hydroxyl groups is 1. The van der Waals surface area contributed by atoms with E-state index in [2.05, 4.69) is 27.9 Å². The number of rotatable bonds is 7. The smallest absolute Gasteiger partial charge is 0.259 e. The average Bonchev–Trinajstić information content (AvgIpc) is 3.36. The highest BCUT2D eigenvalue weighted by atomic mass is 16.5. The van der Waals surface area contributed by atoms with Gasteiger partial charge in [0, 0.05) is 37.9 Å². The number of ether oxygens (including phenoxy) is 1. The van der Waals surface area contributed by atoms with E-state index in [1.165, 1.54) is 5.57 Å². The van der Waals surface area contributed by atoms with Crippen molar-refractivity contribution < 1.29 is 14.6 Å². The van der Waals surface area contributed by atoms with Gasteiger partial charge in [-0.2, -0.15) is 0 Å². The molecule has 3 atom stereocenters. The first-order valence-corrected chi connectivity index (χ1v) is 11.8. The van der Waals surface area contributed by atoms with Gasteiger partial charge < -0.3 is 14.7 Å². The fourth-order valence-electron chi connectivity index (χ4n) is 4.57. The van der Waals surface area contributed by atoms with Crippen LogP contribution in [0.2, 0.25) is 0 Å². The number of hydrogen-bond acceptors (Lipinski definition) is 6. The molecular formula is C26H34N4O3. The second kappa shape index (κ2) is 10.4. The van der Waals surface area contributed by atoms with Crippen LogP contribution in [-0.4, -0.2) is 69.7 Å². The van der Waals surface area contributed by atoms with Crippen LogP contribution in [0.15, 0.2) is 42.7 Å². The molecule has 7 nitrogen and oxygen atoms in total. The summed E-state index contributed by atoms with van der Waals surface area (Å²) in [5.41, 5.74) is 3.70. The fourth-order valence-corrected chi connectivity index (χ4v) is 4.57. The number of fused-ring (bicyclic) bond motifs is 1. The summed E-state index contributed by atoms with van der Waals surface area (Å²) >= 11 is 0. The third-order valence-electron chi connectivity index (χ3n) is 6.58. The highest BCUT2D eigenvalue weighted by molar-refractivity contribution is 5.97. The second-order valence-electron chi connectivity index (χ2n) is 9.34. The molecule has 2 aromatic rings. The molecular weight excluding hydrogens is 416 g/mol. The van der Waals surface area contributed by atoms with Crippen molar-refractivity contribution in [3.05, 3.63) is 59.6 Å². The van der Waals surface area contributed by atoms with E-state index in [-0.39, 0.29) is 30.6 Å². The van der Waals surface area contributed by atoms with Crippen LogP contribution in [0.5, 0.6) is 5.88 Å². The summed E-state index contributed by atoms with van der Waals surface area (Å²) in [4.78, 5) is 26.5. The lowest BCUT2D eigenvalue weighted by atomic mass is 9.99. The standard InChI is InChI=1S/C26H34N4O3/c1-18-14-30(19(2)17-31)26(32)23-12-21(20-8-4-5-9-20)13-28-25(23)33-24(18)16-29(3)15-22-10-6-7-11-27-22/h6-8,10-13,18-19,24,31H,4-5,9,14-17H2,1-3H3/t18-,19-,24+/m1/s1. The molecule has 0 aromatic carbocycles. The van der Waals surface area contributed by atoms with Gasteiger partial charge in [-0.05, 0) is 62.6 Å². The zero-order valence-corrected chi connectivity index (χ0v) is 19.8. The van der Waals surface area contributed by atoms with E-state index in [1.54, 1.807) is 11.1 Å². The van der Waals surface area contributed by atoms with Crippen LogP contribution < -0.4 is 4.74 Å². The molecule has 0 unspecified atom stereocenters. The number of likely N-dealkylation sites (N-methyl/N-ethyl adjacent to an activating group) is 1. The SMILES string of the molecule is C[C@@H]1CN([C@H](C)CO)C(=O)c2cc(C3=CCCC3)cnc2O[C@H]1CN(C)Cc1ccccn1. The molecule has 33 heavy (non-hydrogen) atoms. The third-order valence-corrected chi connectivity index (χ3v) is 6.58. The van der Waals surface area contributed by atoms with Crippen molar-refractivity contribution in [3.8, 4) is 5.88 Å². The highest BCUT2D eigenvalue weighted by Gasteiger charge is 2.34. The van der Waals surface area contributed by atoms with Gasteiger partial charge in [0.2, 0.25) is 5.88 Å². The van der Waals surface area contributed by atoms with E-state index >= 15 is 0 Å². The van der Waals surface area contributed by atoms with Crippen molar-refractivity contribution in [1.82, 2.24) is 19.8 Å². The first-order chi connectivity index (χ1) is 16.0. The summed E-state index contributed by atoms with van der Waals surface area (Å²) in [5, 5.41) is 9.84. The minimum absolute atomic E-state index is 0.0568. The maximum absolute atomic E-state index is 13.5. The van der Waals surface area contributed by atoms with Crippen molar-refractivity contribution in [2.75, 3.05) is 26.7 Å². The zero-order chi connectivity index (χ0) is 23.4. The maximum Gasteiger partial charge on any atom is 0.259 e. The summed E-state index contributed by atoms with van der Waals surface area (Å²) in [6.45, 7) is 5.77. The normalized spacial score (nSPS) is 21.8. The van der Waals surface area contributed by atoms with E-state index in [4.69, 9.17) is 4.74 Å². The van der Waals surface area contributed by atoms with Crippen molar-refractivity contribution in [2.24, 2.45) is 5.92 Å². The number of hydrogen-bond donors (Lipinski definition) is 1. The number of carbonyl (C=O) groups excluding carboxylic acids is 1. The summed E-state index contributed by atoms with van der Waals surface area (Å²) in [5.74, 6) is 0.299. The Morgan fingerprint density at radius 2 is 2.18 bits per heavy atom. The van der Waals surface area contributed by atoms with Crippen molar-refractivity contribution in [2.45, 2.75) is 51.8 Å². The molecule has 0 bridgehead atoms. The molecule has 0 fully saturated rings. The summed E-state index contributed by atoms with van der Waals surface area (Å²) in [6.07, 6.45) is 8.88. The predicted molar refractivity (Wildman–Crippen MR) is 128 cm³/mol. The number of amides is 1. The maximum atomic E-state index is 13.5. The summed E-state index contributed by atoms with van der Waals surface area (Å²) in [7, 11) is 2.05. The number of pyridine rings is 2. The molecule has 2 aliphatic rings. The van der Waals surface area contributed by atoms with E-state index in [0.717, 1.165) is 30.5 Å². The number of nitrogens with zero attached hydrogens (tertiary/aromatic N) is 4. The Kier molecular flexibility index (Phi) is 7.40. The lowest BCUT2D eigenvalue weighted by molar-refractivity contribution is 0.0324. The van der Waals surface area contributed by atoms with Crippen LogP contribution in [0.25, 0.3) is 5.57 Å². The van der Waals surface area contributed by atoms with Gasteiger partial charge in [-0.1, -0.05) is 19.1 Å². The molecule has 0 spiro atoms. The van der Waals surface area contributed by atoms with Crippen molar-refractivity contribution in [1.29, 1.82) is 0 Å². The van der Waals surface area contributed by atoms with E-state index < -0.39 is 0 Å². The predicted octanol–water partition coefficient (Wildman–Crippen LogP) is 3.40. The quantitative estimate of drug-likeness (QED) is 0.697. The average molecular weight is 451 g/mol. The Labute approximate surface area is 196 Å². The van der Waals surface area contributed by atoms with Crippen LogP contribution in [0.1, 0.15) is 54.7 Å². The van der Waals surface area contributed by atoms with Gasteiger partial charge >= 0.3 is 0 Å². The lowest BCUT2D eigenvalue weighted by Crippen LogP contribution is -2.49. The van der Waals surface area contributed by atoms with Crippen LogP contribution in [-0.2, 0) is 6.54 Å². The van der Waals surface area contributed by atoms with Gasteiger partial charge in [-0.15, -0.1) is 0 Å². The Bertz CT molecular complexity index is 994. The minimum atomic E-state index is -0.285. The molecule has 1 amide bonds. The van der Waals surface area contributed by atoms with E-state index in [1.807, 2.05) is 44.4 Å². The largest absolute Gasteiger partial charge is 0.472 e. The molecule has 0 saturated heterocycles. The van der Waals surface area contributed by atoms with Crippen LogP contribution in [0.4, 0.5) is 0 Å². The number of carbonyl (C=O) groups is 1. The molecule has 0 saturated carbocycles. The molecule has 2 aromatic heterocycles. The minimum Gasteiger partial charge on any atom is -0.472 e. The monoisotopic (exact) mass is 450 g/mol. The Balaban J connectivity index is 1.62. The molecule has 1 aliphatic carbocycles. The Hall–Kier alpha value is -2.77. The Morgan fingerprint density at radius 1 is 1.33 bits per heavy atom. The number of aliphatic hydroxyl groups excluding tert-OH is 1. The van der Waals surface area contributed by atoms with Crippen LogP contribution in [0, 0.1) is 5.92 Å². The van der Waals surface area contributed by atoms with Gasteiger partial charge in [0.05, 0.1) is 18.3 Å². The Morgan fingerprint density at radius 3 is 2.88 bits per heavy atom. The topological polar surface area (TPSA) is 78.8 Å². The van der Waals surface area contributed by atoms with Gasteiger partial charge in [-0.25, -0.2) is 4.98 Å². The summed E-state index contributed by atoms with van der Waals surface area (Å²) < 4.78 is 6.40. The van der Waals surface area contributed by atoms with Gasteiger partial charge in [0.1, 0.15) is 11.7 Å². The van der Waals surface area contributed by atoms with Crippen LogP contribution in [0.3, 0.4) is 0 Å². The molecule has 1 N–H and O–H groups in total. The molecule has 176 valence electrons. The first kappa shape index (κ1) is 23.4. The molecule has 1 aliphatic heterocycles. The molecule has 7 heteroatoms. The number of aromatic nitrogens is 2. The zero-order valence-electron chi connectivity index (χ0n) is 19.8. The first-order valence-electron chi connectivity index (χ1n) is 11.8. The number of allylic oxidation sites excluding steroid dienone is 2. The molecule has 4 rings (SSSR count). The van der Waals surface area contributed by atoms with Gasteiger partial charge in [-0.3, -0.25) is 14.7 Å². The lowest BCUT2D eigenvalue weighted by Gasteiger charge is -2.37. The third kappa shape index (κ3) is 5.42. The highest BCUT2D eigenvalue weighted by Crippen LogP contribution is 2.32. The van der Waals surface area contributed by atoms with Gasteiger partial charge in [0.15, 0.2) is 0 Å². The molecule has 3 heterocycles. The van der Waals surface area contributed by atoms with Crippen molar-refractivity contribution in [3.63, 3.8) is 0 Å². The van der Waals surface area contributed by atoms with Crippen LogP contribution >= 0.6 is 0 Å². The fraction of sp³-hybridized carbons (Fsp3) is 0.500. The second-order valence-corrected chi connectivity index (χ2v) is 9.34. The summed E-state index contributed by atoms with van der Waals surface area (Å²) in [6, 6.07) is 7.55. The van der Waals surface area contributed by atoms with E-state index in [9.17, 15) is 9.90 Å². The molecule has 0 radical (unpaired) electrons. The van der Waals surface area contributed by atoms with Crippen molar-refractivity contribution >= 4 is 11.5 Å². The van der Waals surface area contributed by atoms with E-state index in [0.29, 0.717) is 31.1 Å².